The predicted molar refractivity (Wildman–Crippen MR) is 84.3 cm³/mol. The lowest BCUT2D eigenvalue weighted by atomic mass is 9.91. The smallest absolute Gasteiger partial charge is 0.249 e. The van der Waals surface area contributed by atoms with E-state index in [0.29, 0.717) is 24.2 Å². The topological polar surface area (TPSA) is 71.3 Å². The van der Waals surface area contributed by atoms with Gasteiger partial charge in [-0.25, -0.2) is 0 Å². The maximum Gasteiger partial charge on any atom is 0.249 e. The second-order valence-corrected chi connectivity index (χ2v) is 7.43. The summed E-state index contributed by atoms with van der Waals surface area (Å²) in [5.74, 6) is 1.46. The van der Waals surface area contributed by atoms with Gasteiger partial charge in [0.05, 0.1) is 0 Å². The molecule has 2 rings (SSSR count). The molecule has 1 amide bonds. The molecule has 1 aliphatic heterocycles. The van der Waals surface area contributed by atoms with Crippen molar-refractivity contribution in [2.45, 2.75) is 65.5 Å². The van der Waals surface area contributed by atoms with Gasteiger partial charge in [-0.05, 0) is 32.2 Å². The van der Waals surface area contributed by atoms with Crippen molar-refractivity contribution in [1.82, 2.24) is 20.4 Å². The SMILES string of the molecule is CNC(C)Cc1noc(C2CCCN2C(=O)CC(C)(C)C)n1. The molecule has 0 saturated carbocycles. The Morgan fingerprint density at radius 2 is 2.23 bits per heavy atom. The second kappa shape index (κ2) is 6.77. The number of likely N-dealkylation sites (N-methyl/N-ethyl adjacent to an activating group) is 1. The summed E-state index contributed by atoms with van der Waals surface area (Å²) in [6.07, 6.45) is 3.16. The average molecular weight is 308 g/mol. The molecular formula is C16H28N4O2. The fourth-order valence-corrected chi connectivity index (χ4v) is 2.74. The van der Waals surface area contributed by atoms with E-state index in [4.69, 9.17) is 4.52 Å². The Balaban J connectivity index is 2.06. The van der Waals surface area contributed by atoms with Crippen molar-refractivity contribution in [3.63, 3.8) is 0 Å². The summed E-state index contributed by atoms with van der Waals surface area (Å²) in [6, 6.07) is 0.244. The van der Waals surface area contributed by atoms with Crippen molar-refractivity contribution < 1.29 is 9.32 Å². The van der Waals surface area contributed by atoms with Crippen molar-refractivity contribution in [2.75, 3.05) is 13.6 Å². The molecule has 1 fully saturated rings. The zero-order valence-corrected chi connectivity index (χ0v) is 14.3. The highest BCUT2D eigenvalue weighted by Crippen LogP contribution is 2.33. The Labute approximate surface area is 132 Å². The standard InChI is InChI=1S/C16H28N4O2/c1-11(17-5)9-13-18-15(22-19-13)12-7-6-8-20(12)14(21)10-16(2,3)4/h11-12,17H,6-10H2,1-5H3. The second-order valence-electron chi connectivity index (χ2n) is 7.43. The number of rotatable bonds is 5. The van der Waals surface area contributed by atoms with Gasteiger partial charge in [-0.15, -0.1) is 0 Å². The molecule has 6 nitrogen and oxygen atoms in total. The van der Waals surface area contributed by atoms with Gasteiger partial charge in [0.15, 0.2) is 5.82 Å². The molecule has 0 radical (unpaired) electrons. The third-order valence-electron chi connectivity index (χ3n) is 4.01. The first kappa shape index (κ1) is 16.9. The lowest BCUT2D eigenvalue weighted by Gasteiger charge is -2.26. The van der Waals surface area contributed by atoms with E-state index in [1.165, 1.54) is 0 Å². The minimum Gasteiger partial charge on any atom is -0.337 e. The van der Waals surface area contributed by atoms with Crippen molar-refractivity contribution in [3.05, 3.63) is 11.7 Å². The van der Waals surface area contributed by atoms with Crippen LogP contribution in [0.1, 0.15) is 64.7 Å². The van der Waals surface area contributed by atoms with E-state index < -0.39 is 0 Å². The van der Waals surface area contributed by atoms with Crippen LogP contribution < -0.4 is 5.32 Å². The van der Waals surface area contributed by atoms with Gasteiger partial charge >= 0.3 is 0 Å². The zero-order chi connectivity index (χ0) is 16.3. The molecule has 2 heterocycles. The lowest BCUT2D eigenvalue weighted by molar-refractivity contribution is -0.134. The van der Waals surface area contributed by atoms with E-state index in [1.807, 2.05) is 11.9 Å². The van der Waals surface area contributed by atoms with E-state index in [9.17, 15) is 4.79 Å². The van der Waals surface area contributed by atoms with Crippen LogP contribution in [0.3, 0.4) is 0 Å². The number of hydrogen-bond acceptors (Lipinski definition) is 5. The number of likely N-dealkylation sites (tertiary alicyclic amines) is 1. The molecule has 1 aliphatic rings. The summed E-state index contributed by atoms with van der Waals surface area (Å²) < 4.78 is 5.42. The van der Waals surface area contributed by atoms with Crippen molar-refractivity contribution in [1.29, 1.82) is 0 Å². The molecule has 1 aromatic rings. The maximum atomic E-state index is 12.5. The molecule has 0 aromatic carbocycles. The number of aromatic nitrogens is 2. The minimum atomic E-state index is -0.0546. The summed E-state index contributed by atoms with van der Waals surface area (Å²) in [4.78, 5) is 18.9. The highest BCUT2D eigenvalue weighted by Gasteiger charge is 2.35. The van der Waals surface area contributed by atoms with Gasteiger partial charge in [0, 0.05) is 25.4 Å². The van der Waals surface area contributed by atoms with Crippen LogP contribution in [0.15, 0.2) is 4.52 Å². The summed E-state index contributed by atoms with van der Waals surface area (Å²) in [6.45, 7) is 9.11. The average Bonchev–Trinajstić information content (AvgIpc) is 3.04. The van der Waals surface area contributed by atoms with Crippen molar-refractivity contribution in [2.24, 2.45) is 5.41 Å². The number of nitrogens with one attached hydrogen (secondary N) is 1. The van der Waals surface area contributed by atoms with Gasteiger partial charge < -0.3 is 14.7 Å². The Morgan fingerprint density at radius 3 is 2.86 bits per heavy atom. The van der Waals surface area contributed by atoms with Crippen LogP contribution in [0.5, 0.6) is 0 Å². The number of hydrogen-bond donors (Lipinski definition) is 1. The molecule has 0 spiro atoms. The molecule has 0 bridgehead atoms. The molecule has 2 atom stereocenters. The molecule has 1 saturated heterocycles. The van der Waals surface area contributed by atoms with Crippen LogP contribution in [0, 0.1) is 5.41 Å². The minimum absolute atomic E-state index is 0.00749. The van der Waals surface area contributed by atoms with Gasteiger partial charge in [0.25, 0.3) is 0 Å². The highest BCUT2D eigenvalue weighted by atomic mass is 16.5. The number of nitrogens with zero attached hydrogens (tertiary/aromatic N) is 3. The summed E-state index contributed by atoms with van der Waals surface area (Å²) in [7, 11) is 1.91. The van der Waals surface area contributed by atoms with E-state index in [2.05, 4.69) is 43.2 Å². The third kappa shape index (κ3) is 4.29. The number of carbonyl (C=O) groups excluding carboxylic acids is 1. The summed E-state index contributed by atoms with van der Waals surface area (Å²) >= 11 is 0. The molecule has 22 heavy (non-hydrogen) atoms. The first-order chi connectivity index (χ1) is 10.3. The Kier molecular flexibility index (Phi) is 5.21. The van der Waals surface area contributed by atoms with Gasteiger partial charge in [-0.2, -0.15) is 4.98 Å². The van der Waals surface area contributed by atoms with Crippen LogP contribution >= 0.6 is 0 Å². The fourth-order valence-electron chi connectivity index (χ4n) is 2.74. The molecule has 6 heteroatoms. The first-order valence-corrected chi connectivity index (χ1v) is 8.09. The van der Waals surface area contributed by atoms with Crippen LogP contribution in [-0.4, -0.2) is 40.6 Å². The number of amides is 1. The van der Waals surface area contributed by atoms with Crippen LogP contribution in [-0.2, 0) is 11.2 Å². The normalized spacial score (nSPS) is 20.4. The lowest BCUT2D eigenvalue weighted by Crippen LogP contribution is -2.33. The Morgan fingerprint density at radius 1 is 1.50 bits per heavy atom. The monoisotopic (exact) mass is 308 g/mol. The van der Waals surface area contributed by atoms with Crippen molar-refractivity contribution >= 4 is 5.91 Å². The molecule has 2 unspecified atom stereocenters. The van der Waals surface area contributed by atoms with Gasteiger partial charge in [0.2, 0.25) is 11.8 Å². The largest absolute Gasteiger partial charge is 0.337 e. The molecular weight excluding hydrogens is 280 g/mol. The summed E-state index contributed by atoms with van der Waals surface area (Å²) in [5, 5.41) is 7.21. The number of carbonyl (C=O) groups is 1. The van der Waals surface area contributed by atoms with E-state index >= 15 is 0 Å². The van der Waals surface area contributed by atoms with E-state index in [-0.39, 0.29) is 17.4 Å². The van der Waals surface area contributed by atoms with Crippen LogP contribution in [0.2, 0.25) is 0 Å². The fraction of sp³-hybridized carbons (Fsp3) is 0.812. The molecule has 1 N–H and O–H groups in total. The Bertz CT molecular complexity index is 506. The van der Waals surface area contributed by atoms with Crippen molar-refractivity contribution in [3.8, 4) is 0 Å². The van der Waals surface area contributed by atoms with Gasteiger partial charge in [0.1, 0.15) is 6.04 Å². The van der Waals surface area contributed by atoms with Crippen LogP contribution in [0.25, 0.3) is 0 Å². The first-order valence-electron chi connectivity index (χ1n) is 8.09. The molecule has 1 aromatic heterocycles. The van der Waals surface area contributed by atoms with Gasteiger partial charge in [-0.1, -0.05) is 25.9 Å². The third-order valence-corrected chi connectivity index (χ3v) is 4.01. The zero-order valence-electron chi connectivity index (χ0n) is 14.3. The van der Waals surface area contributed by atoms with E-state index in [1.54, 1.807) is 0 Å². The highest BCUT2D eigenvalue weighted by molar-refractivity contribution is 5.77. The van der Waals surface area contributed by atoms with Gasteiger partial charge in [-0.3, -0.25) is 4.79 Å². The van der Waals surface area contributed by atoms with Crippen LogP contribution in [0.4, 0.5) is 0 Å². The molecule has 0 aliphatic carbocycles. The molecule has 124 valence electrons. The maximum absolute atomic E-state index is 12.5. The Hall–Kier alpha value is -1.43. The quantitative estimate of drug-likeness (QED) is 0.904. The predicted octanol–water partition coefficient (Wildman–Crippen LogP) is 2.32. The van der Waals surface area contributed by atoms with E-state index in [0.717, 1.165) is 25.8 Å². The summed E-state index contributed by atoms with van der Waals surface area (Å²) in [5.41, 5.74) is -0.00749.